The molecule has 3 atom stereocenters. The van der Waals surface area contributed by atoms with Gasteiger partial charge in [-0.05, 0) is 30.3 Å². The SMILES string of the molecule is COC1CC(C(=O)N(c2ccc(S(F)(F)(F)(F)F)cc2)C(C(=O)N2CCN(C)C(=O)C2)c2cccnc2)N(C#N)C1. The van der Waals surface area contributed by atoms with E-state index in [1.807, 2.05) is 6.19 Å². The molecule has 0 N–H and O–H groups in total. The highest BCUT2D eigenvalue weighted by atomic mass is 32.5. The average molecular weight is 603 g/mol. The van der Waals surface area contributed by atoms with Gasteiger partial charge in [-0.1, -0.05) is 25.5 Å². The lowest BCUT2D eigenvalue weighted by Gasteiger charge is -2.41. The molecule has 2 aliphatic rings. The first-order valence-electron chi connectivity index (χ1n) is 12.3. The summed E-state index contributed by atoms with van der Waals surface area (Å²) >= 11 is 0. The van der Waals surface area contributed by atoms with Gasteiger partial charge in [0.2, 0.25) is 5.91 Å². The van der Waals surface area contributed by atoms with Crippen LogP contribution in [-0.4, -0.2) is 89.9 Å². The summed E-state index contributed by atoms with van der Waals surface area (Å²) in [5.74, 6) is -1.97. The van der Waals surface area contributed by atoms with Gasteiger partial charge in [-0.2, -0.15) is 5.26 Å². The molecule has 3 heterocycles. The van der Waals surface area contributed by atoms with Crippen LogP contribution in [0.4, 0.5) is 25.1 Å². The lowest BCUT2D eigenvalue weighted by molar-refractivity contribution is -0.145. The Morgan fingerprint density at radius 2 is 1.83 bits per heavy atom. The van der Waals surface area contributed by atoms with E-state index in [2.05, 4.69) is 4.98 Å². The Morgan fingerprint density at radius 1 is 1.15 bits per heavy atom. The number of hydrogen-bond donors (Lipinski definition) is 0. The van der Waals surface area contributed by atoms with Crippen molar-refractivity contribution < 1.29 is 38.5 Å². The van der Waals surface area contributed by atoms with Crippen LogP contribution in [0.15, 0.2) is 53.7 Å². The van der Waals surface area contributed by atoms with Crippen molar-refractivity contribution in [1.82, 2.24) is 19.7 Å². The summed E-state index contributed by atoms with van der Waals surface area (Å²) in [7, 11) is -7.11. The quantitative estimate of drug-likeness (QED) is 0.351. The average Bonchev–Trinajstić information content (AvgIpc) is 3.35. The summed E-state index contributed by atoms with van der Waals surface area (Å²) in [6, 6.07) is 1.86. The smallest absolute Gasteiger partial charge is 0.310 e. The molecule has 16 heteroatoms. The van der Waals surface area contributed by atoms with Gasteiger partial charge in [-0.3, -0.25) is 29.2 Å². The summed E-state index contributed by atoms with van der Waals surface area (Å²) in [4.78, 5) is 47.0. The normalized spacial score (nSPS) is 22.0. The van der Waals surface area contributed by atoms with Crippen molar-refractivity contribution in [1.29, 1.82) is 5.26 Å². The Morgan fingerprint density at radius 3 is 2.37 bits per heavy atom. The van der Waals surface area contributed by atoms with Gasteiger partial charge >= 0.3 is 10.2 Å². The Kier molecular flexibility index (Phi) is 7.42. The predicted octanol–water partition coefficient (Wildman–Crippen LogP) is 3.68. The number of methoxy groups -OCH3 is 1. The Hall–Kier alpha value is -3.97. The van der Waals surface area contributed by atoms with Crippen molar-refractivity contribution in [2.45, 2.75) is 29.5 Å². The zero-order chi connectivity index (χ0) is 30.2. The summed E-state index contributed by atoms with van der Waals surface area (Å²) in [6.07, 6.45) is 4.05. The minimum absolute atomic E-state index is 0.0177. The first kappa shape index (κ1) is 30.0. The van der Waals surface area contributed by atoms with E-state index in [0.717, 1.165) is 9.80 Å². The zero-order valence-electron chi connectivity index (χ0n) is 22.0. The number of halogens is 5. The van der Waals surface area contributed by atoms with Gasteiger partial charge in [0.05, 0.1) is 19.2 Å². The number of carbonyl (C=O) groups excluding carboxylic acids is 3. The molecule has 41 heavy (non-hydrogen) atoms. The van der Waals surface area contributed by atoms with Crippen LogP contribution < -0.4 is 4.90 Å². The number of nitriles is 1. The van der Waals surface area contributed by atoms with Gasteiger partial charge in [-0.25, -0.2) is 0 Å². The maximum atomic E-state index is 14.2. The van der Waals surface area contributed by atoms with Gasteiger partial charge in [-0.15, -0.1) is 0 Å². The van der Waals surface area contributed by atoms with E-state index in [0.29, 0.717) is 12.1 Å². The Balaban J connectivity index is 1.86. The molecular formula is C25H27F5N6O4S. The number of piperazine rings is 1. The molecule has 2 aliphatic heterocycles. The summed E-state index contributed by atoms with van der Waals surface area (Å²) < 4.78 is 72.7. The van der Waals surface area contributed by atoms with Crippen molar-refractivity contribution in [3.05, 3.63) is 54.4 Å². The molecular weight excluding hydrogens is 575 g/mol. The third-order valence-corrected chi connectivity index (χ3v) is 8.23. The third kappa shape index (κ3) is 6.35. The molecule has 4 rings (SSSR count). The number of ether oxygens (including phenoxy) is 1. The molecule has 0 saturated carbocycles. The minimum atomic E-state index is -10.0. The van der Waals surface area contributed by atoms with Crippen molar-refractivity contribution in [2.24, 2.45) is 0 Å². The number of carbonyl (C=O) groups is 3. The van der Waals surface area contributed by atoms with E-state index in [4.69, 9.17) is 4.74 Å². The monoisotopic (exact) mass is 602 g/mol. The number of benzene rings is 1. The predicted molar refractivity (Wildman–Crippen MR) is 138 cm³/mol. The van der Waals surface area contributed by atoms with Gasteiger partial charge < -0.3 is 14.5 Å². The van der Waals surface area contributed by atoms with Gasteiger partial charge in [0.15, 0.2) is 6.19 Å². The Bertz CT molecular complexity index is 1370. The molecule has 2 fully saturated rings. The first-order chi connectivity index (χ1) is 19.0. The summed E-state index contributed by atoms with van der Waals surface area (Å²) in [5.41, 5.74) is -0.152. The molecule has 0 spiro atoms. The van der Waals surface area contributed by atoms with E-state index in [9.17, 15) is 39.1 Å². The molecule has 222 valence electrons. The topological polar surface area (TPSA) is 110 Å². The molecule has 3 unspecified atom stereocenters. The molecule has 2 aromatic rings. The highest BCUT2D eigenvalue weighted by molar-refractivity contribution is 8.45. The summed E-state index contributed by atoms with van der Waals surface area (Å²) in [5, 5.41) is 9.67. The van der Waals surface area contributed by atoms with Crippen LogP contribution in [0, 0.1) is 11.5 Å². The number of pyridine rings is 1. The fraction of sp³-hybridized carbons (Fsp3) is 0.400. The molecule has 10 nitrogen and oxygen atoms in total. The van der Waals surface area contributed by atoms with E-state index in [-0.39, 0.29) is 61.9 Å². The van der Waals surface area contributed by atoms with Crippen LogP contribution in [0.1, 0.15) is 18.0 Å². The number of rotatable bonds is 7. The Labute approximate surface area is 232 Å². The summed E-state index contributed by atoms with van der Waals surface area (Å²) in [6.45, 7) is 0.00932. The molecule has 1 aromatic heterocycles. The van der Waals surface area contributed by atoms with Gasteiger partial charge in [0, 0.05) is 57.3 Å². The molecule has 3 amide bonds. The minimum Gasteiger partial charge on any atom is -0.379 e. The maximum Gasteiger partial charge on any atom is 0.310 e. The van der Waals surface area contributed by atoms with Crippen LogP contribution in [-0.2, 0) is 19.1 Å². The second-order valence-electron chi connectivity index (χ2n) is 9.80. The van der Waals surface area contributed by atoms with E-state index in [1.54, 1.807) is 7.05 Å². The third-order valence-electron chi connectivity index (χ3n) is 7.07. The fourth-order valence-electron chi connectivity index (χ4n) is 4.80. The fourth-order valence-corrected chi connectivity index (χ4v) is 5.45. The van der Waals surface area contributed by atoms with E-state index < -0.39 is 45.1 Å². The zero-order valence-corrected chi connectivity index (χ0v) is 22.8. The molecule has 0 bridgehead atoms. The van der Waals surface area contributed by atoms with Gasteiger partial charge in [0.1, 0.15) is 17.0 Å². The lowest BCUT2D eigenvalue weighted by Crippen LogP contribution is -2.55. The second kappa shape index (κ2) is 10.1. The number of aromatic nitrogens is 1. The van der Waals surface area contributed by atoms with Crippen molar-refractivity contribution >= 4 is 33.6 Å². The molecule has 1 aromatic carbocycles. The van der Waals surface area contributed by atoms with Gasteiger partial charge in [0.25, 0.3) is 11.8 Å². The van der Waals surface area contributed by atoms with Crippen LogP contribution in [0.25, 0.3) is 0 Å². The molecule has 0 radical (unpaired) electrons. The number of likely N-dealkylation sites (N-methyl/N-ethyl adjacent to an activating group) is 1. The molecule has 2 saturated heterocycles. The number of anilines is 1. The lowest BCUT2D eigenvalue weighted by atomic mass is 10.0. The van der Waals surface area contributed by atoms with Crippen molar-refractivity contribution in [3.63, 3.8) is 0 Å². The number of nitrogens with zero attached hydrogens (tertiary/aromatic N) is 6. The highest BCUT2D eigenvalue weighted by Crippen LogP contribution is 3.02. The van der Waals surface area contributed by atoms with Crippen LogP contribution >= 0.6 is 10.2 Å². The van der Waals surface area contributed by atoms with E-state index in [1.165, 1.54) is 41.4 Å². The van der Waals surface area contributed by atoms with Crippen molar-refractivity contribution in [2.75, 3.05) is 45.2 Å². The number of likely N-dealkylation sites (tertiary alicyclic amines) is 1. The van der Waals surface area contributed by atoms with E-state index >= 15 is 0 Å². The van der Waals surface area contributed by atoms with Crippen LogP contribution in [0.2, 0.25) is 0 Å². The van der Waals surface area contributed by atoms with Crippen LogP contribution in [0.5, 0.6) is 0 Å². The standard InChI is InChI=1S/C25H27F5N6O4S/c1-33-10-11-34(15-22(33)37)25(39)23(17-4-3-9-32-13-17)36(24(38)21-12-19(40-2)14-35(21)16-31)18-5-7-20(8-6-18)41(26,27,28,29)30/h3-9,13,19,21,23H,10-12,14-15H2,1-2H3. The largest absolute Gasteiger partial charge is 0.379 e. The maximum absolute atomic E-state index is 14.2. The highest BCUT2D eigenvalue weighted by Gasteiger charge is 2.65. The van der Waals surface area contributed by atoms with Crippen LogP contribution in [0.3, 0.4) is 0 Å². The number of amides is 3. The second-order valence-corrected chi connectivity index (χ2v) is 12.2. The first-order valence-corrected chi connectivity index (χ1v) is 14.3. The molecule has 0 aliphatic carbocycles. The van der Waals surface area contributed by atoms with Crippen molar-refractivity contribution in [3.8, 4) is 6.19 Å². The number of hydrogen-bond acceptors (Lipinski definition) is 7.